The van der Waals surface area contributed by atoms with Gasteiger partial charge in [0.15, 0.2) is 22.6 Å². The first kappa shape index (κ1) is 33.5. The molecule has 0 saturated heterocycles. The summed E-state index contributed by atoms with van der Waals surface area (Å²) < 4.78 is 15.7. The van der Waals surface area contributed by atoms with Crippen LogP contribution in [0, 0.1) is 5.92 Å². The highest BCUT2D eigenvalue weighted by molar-refractivity contribution is 6.30. The number of Topliss-reactive ketones (excluding diaryl/α,β-unsaturated/α-hetero) is 3. The molecule has 0 spiro atoms. The van der Waals surface area contributed by atoms with Crippen LogP contribution in [0.25, 0.3) is 0 Å². The summed E-state index contributed by atoms with van der Waals surface area (Å²) in [6.07, 6.45) is -2.70. The molecular formula is C27H47N3O10. The molecule has 0 unspecified atom stereocenters. The zero-order valence-corrected chi connectivity index (χ0v) is 24.7. The highest BCUT2D eigenvalue weighted by atomic mass is 16.4. The Morgan fingerprint density at radius 1 is 0.925 bits per heavy atom. The van der Waals surface area contributed by atoms with Crippen LogP contribution in [0.4, 0.5) is 0 Å². The van der Waals surface area contributed by atoms with Crippen LogP contribution < -0.4 is 5.32 Å². The first-order valence-electron chi connectivity index (χ1n) is 14.5. The molecule has 0 aromatic heterocycles. The highest BCUT2D eigenvalue weighted by Gasteiger charge is 2.67. The van der Waals surface area contributed by atoms with Gasteiger partial charge in [0, 0.05) is 16.8 Å². The maximum atomic E-state index is 15.1. The molecule has 13 nitrogen and oxygen atoms in total. The number of amides is 2. The summed E-state index contributed by atoms with van der Waals surface area (Å²) in [4.78, 5) is 83.1. The second-order valence-corrected chi connectivity index (χ2v) is 10.5. The van der Waals surface area contributed by atoms with E-state index < -0.39 is 90.0 Å². The number of carbonyl (C=O) groups is 6. The summed E-state index contributed by atoms with van der Waals surface area (Å²) in [6, 6.07) is -1.28. The van der Waals surface area contributed by atoms with Crippen LogP contribution in [0.15, 0.2) is 0 Å². The van der Waals surface area contributed by atoms with E-state index in [9.17, 15) is 44.4 Å². The Bertz CT molecular complexity index is 1020. The van der Waals surface area contributed by atoms with Crippen LogP contribution >= 0.6 is 0 Å². The van der Waals surface area contributed by atoms with Gasteiger partial charge in [-0.05, 0) is 47.1 Å². The molecule has 0 heterocycles. The Hall–Kier alpha value is -2.74. The van der Waals surface area contributed by atoms with Crippen molar-refractivity contribution in [1.29, 1.82) is 0 Å². The number of carbonyl (C=O) groups excluding carboxylic acids is 5. The van der Waals surface area contributed by atoms with Crippen LogP contribution in [0.3, 0.4) is 0 Å². The molecule has 0 aromatic carbocycles. The van der Waals surface area contributed by atoms with Gasteiger partial charge < -0.3 is 35.5 Å². The van der Waals surface area contributed by atoms with E-state index in [1.165, 1.54) is 13.8 Å². The van der Waals surface area contributed by atoms with Gasteiger partial charge in [-0.25, -0.2) is 4.79 Å². The van der Waals surface area contributed by atoms with Gasteiger partial charge in [-0.2, -0.15) is 0 Å². The third-order valence-electron chi connectivity index (χ3n) is 7.59. The largest absolute Gasteiger partial charge is 0.479 e. The second kappa shape index (κ2) is 14.2. The molecule has 0 aliphatic heterocycles. The average Bonchev–Trinajstić information content (AvgIpc) is 2.93. The van der Waals surface area contributed by atoms with Crippen molar-refractivity contribution in [3.63, 3.8) is 0 Å². The number of aliphatic hydroxyl groups is 3. The molecule has 0 bridgehead atoms. The topological polar surface area (TPSA) is 202 Å². The first-order chi connectivity index (χ1) is 19.2. The van der Waals surface area contributed by atoms with E-state index in [1.54, 1.807) is 0 Å². The SMILES string of the molecule is [2H]CN[C@@H](CCCC)C(=O)[C@](C)(C(=O)[C@@](C(=O)[C@@](C)(O)C(=O)O)([C@@H](C)CC)N(C)C(=O)[C@H](C)O)N(C[2H])C(=O)[C@H](C)O. The van der Waals surface area contributed by atoms with Gasteiger partial charge in [-0.3, -0.25) is 24.0 Å². The molecule has 5 N–H and O–H groups in total. The van der Waals surface area contributed by atoms with Crippen molar-refractivity contribution in [3.05, 3.63) is 0 Å². The van der Waals surface area contributed by atoms with E-state index in [0.29, 0.717) is 29.6 Å². The van der Waals surface area contributed by atoms with E-state index >= 15 is 4.79 Å². The summed E-state index contributed by atoms with van der Waals surface area (Å²) in [6.45, 7) is 8.18. The number of unbranched alkanes of at least 4 members (excludes halogenated alkanes) is 1. The average molecular weight is 576 g/mol. The predicted octanol–water partition coefficient (Wildman–Crippen LogP) is -0.470. The predicted molar refractivity (Wildman–Crippen MR) is 145 cm³/mol. The number of likely N-dealkylation sites (N-methyl/N-ethyl adjacent to an activating group) is 3. The fraction of sp³-hybridized carbons (Fsp3) is 0.778. The van der Waals surface area contributed by atoms with Gasteiger partial charge in [0.2, 0.25) is 11.4 Å². The molecule has 0 radical (unpaired) electrons. The summed E-state index contributed by atoms with van der Waals surface area (Å²) >= 11 is 0. The van der Waals surface area contributed by atoms with E-state index in [1.807, 2.05) is 6.92 Å². The number of aliphatic hydroxyl groups excluding tert-OH is 2. The quantitative estimate of drug-likeness (QED) is 0.140. The molecule has 13 heteroatoms. The molecular weight excluding hydrogens is 526 g/mol. The lowest BCUT2D eigenvalue weighted by Crippen LogP contribution is -2.78. The lowest BCUT2D eigenvalue weighted by atomic mass is 9.64. The zero-order chi connectivity index (χ0) is 33.4. The smallest absolute Gasteiger partial charge is 0.343 e. The number of hydrogen-bond donors (Lipinski definition) is 5. The Kier molecular flexibility index (Phi) is 11.9. The number of ketones is 3. The van der Waals surface area contributed by atoms with E-state index in [2.05, 4.69) is 5.32 Å². The van der Waals surface area contributed by atoms with Crippen molar-refractivity contribution in [2.45, 2.75) is 109 Å². The number of hydrogen-bond acceptors (Lipinski definition) is 10. The third kappa shape index (κ3) is 6.59. The van der Waals surface area contributed by atoms with Crippen molar-refractivity contribution in [3.8, 4) is 0 Å². The Morgan fingerprint density at radius 3 is 1.80 bits per heavy atom. The van der Waals surface area contributed by atoms with Crippen LogP contribution in [0.2, 0.25) is 0 Å². The Balaban J connectivity index is 8.26. The lowest BCUT2D eigenvalue weighted by molar-refractivity contribution is -0.180. The van der Waals surface area contributed by atoms with Gasteiger partial charge in [0.25, 0.3) is 11.8 Å². The van der Waals surface area contributed by atoms with Crippen molar-refractivity contribution < 1.29 is 51.9 Å². The maximum absolute atomic E-state index is 15.1. The van der Waals surface area contributed by atoms with Crippen LogP contribution in [0.1, 0.15) is 76.9 Å². The molecule has 0 aliphatic carbocycles. The molecule has 0 fully saturated rings. The van der Waals surface area contributed by atoms with E-state index in [-0.39, 0.29) is 12.8 Å². The highest BCUT2D eigenvalue weighted by Crippen LogP contribution is 2.39. The standard InChI is InChI=1S/C27H47N3O10/c1-11-13-14-18(28-8)19(33)25(6,29(9)20(34)16(4)31)22(36)27(15(3)12-2,30(10)21(35)17(5)32)23(37)26(7,40)24(38)39/h15-18,28,31-32,40H,11-14H2,1-10H3,(H,38,39)/t15-,16-,17-,18-,25+,26+,27+/m0/s1/i8D,9D. The second-order valence-electron chi connectivity index (χ2n) is 10.5. The summed E-state index contributed by atoms with van der Waals surface area (Å²) in [5, 5.41) is 43.6. The third-order valence-corrected chi connectivity index (χ3v) is 7.59. The number of aliphatic carboxylic acids is 1. The van der Waals surface area contributed by atoms with Gasteiger partial charge in [0.1, 0.15) is 12.2 Å². The van der Waals surface area contributed by atoms with E-state index in [0.717, 1.165) is 27.8 Å². The minimum atomic E-state index is -3.31. The van der Waals surface area contributed by atoms with Crippen LogP contribution in [-0.2, 0) is 28.8 Å². The van der Waals surface area contributed by atoms with Crippen molar-refractivity contribution >= 4 is 35.1 Å². The molecule has 230 valence electrons. The zero-order valence-electron chi connectivity index (χ0n) is 26.7. The van der Waals surface area contributed by atoms with Crippen molar-refractivity contribution in [2.75, 3.05) is 21.1 Å². The fourth-order valence-corrected chi connectivity index (χ4v) is 4.66. The number of rotatable bonds is 17. The van der Waals surface area contributed by atoms with Crippen LogP contribution in [-0.4, -0.2) is 121 Å². The molecule has 7 atom stereocenters. The molecule has 40 heavy (non-hydrogen) atoms. The van der Waals surface area contributed by atoms with Crippen molar-refractivity contribution in [1.82, 2.24) is 15.1 Å². The lowest BCUT2D eigenvalue weighted by Gasteiger charge is -2.51. The number of carboxylic acids is 1. The fourth-order valence-electron chi connectivity index (χ4n) is 4.66. The molecule has 0 aliphatic rings. The van der Waals surface area contributed by atoms with Crippen molar-refractivity contribution in [2.24, 2.45) is 5.92 Å². The van der Waals surface area contributed by atoms with Crippen LogP contribution in [0.5, 0.6) is 0 Å². The molecule has 2 amide bonds. The molecule has 0 saturated carbocycles. The maximum Gasteiger partial charge on any atom is 0.343 e. The van der Waals surface area contributed by atoms with Gasteiger partial charge in [-0.1, -0.05) is 40.0 Å². The minimum absolute atomic E-state index is 0.0609. The van der Waals surface area contributed by atoms with E-state index in [4.69, 9.17) is 2.74 Å². The molecule has 0 rings (SSSR count). The Morgan fingerprint density at radius 2 is 1.43 bits per heavy atom. The number of nitrogens with zero attached hydrogens (tertiary/aromatic N) is 2. The normalized spacial score (nSPS) is 19.7. The van der Waals surface area contributed by atoms with Gasteiger partial charge in [0.05, 0.1) is 6.04 Å². The number of nitrogens with one attached hydrogen (secondary N) is 1. The number of carboxylic acid groups (broad SMARTS) is 1. The monoisotopic (exact) mass is 575 g/mol. The summed E-state index contributed by atoms with van der Waals surface area (Å²) in [5.41, 5.74) is -9.12. The van der Waals surface area contributed by atoms with Gasteiger partial charge in [-0.15, -0.1) is 0 Å². The summed E-state index contributed by atoms with van der Waals surface area (Å²) in [7, 11) is -0.662. The Labute approximate surface area is 238 Å². The minimum Gasteiger partial charge on any atom is -0.479 e. The summed E-state index contributed by atoms with van der Waals surface area (Å²) in [5.74, 6) is -10.2. The van der Waals surface area contributed by atoms with Gasteiger partial charge >= 0.3 is 5.97 Å². The first-order valence-corrected chi connectivity index (χ1v) is 13.1. The molecule has 0 aromatic rings.